The lowest BCUT2D eigenvalue weighted by Gasteiger charge is -2.05. The number of allylic oxidation sites excluding steroid dienone is 2. The van der Waals surface area contributed by atoms with E-state index in [1.165, 1.54) is 17.1 Å². The summed E-state index contributed by atoms with van der Waals surface area (Å²) in [6, 6.07) is 0. The molecule has 6 nitrogen and oxygen atoms in total. The van der Waals surface area contributed by atoms with E-state index in [4.69, 9.17) is 0 Å². The van der Waals surface area contributed by atoms with Gasteiger partial charge in [-0.15, -0.1) is 0 Å². The Kier molecular flexibility index (Phi) is 3.73. The van der Waals surface area contributed by atoms with E-state index in [-0.39, 0.29) is 22.1 Å². The van der Waals surface area contributed by atoms with E-state index in [0.717, 1.165) is 5.57 Å². The van der Waals surface area contributed by atoms with Crippen LogP contribution < -0.4 is 4.72 Å². The molecule has 2 rings (SSSR count). The SMILES string of the molecule is CC(C)=C[C@@H]1[C@@H](C(=O)NS(=O)(=O)c2cnn(C)c2)C1(C)C. The second kappa shape index (κ2) is 4.98. The Morgan fingerprint density at radius 1 is 1.43 bits per heavy atom. The molecule has 1 aliphatic carbocycles. The highest BCUT2D eigenvalue weighted by Crippen LogP contribution is 2.59. The molecule has 1 fully saturated rings. The number of aryl methyl sites for hydroxylation is 1. The van der Waals surface area contributed by atoms with Gasteiger partial charge in [0.15, 0.2) is 0 Å². The molecule has 1 aromatic heterocycles. The molecule has 1 aliphatic rings. The van der Waals surface area contributed by atoms with E-state index in [2.05, 4.69) is 9.82 Å². The van der Waals surface area contributed by atoms with Crippen LogP contribution in [0.5, 0.6) is 0 Å². The quantitative estimate of drug-likeness (QED) is 0.854. The van der Waals surface area contributed by atoms with Crippen molar-refractivity contribution in [3.8, 4) is 0 Å². The Labute approximate surface area is 125 Å². The molecule has 7 heteroatoms. The van der Waals surface area contributed by atoms with Crippen molar-refractivity contribution in [3.05, 3.63) is 24.0 Å². The molecule has 0 radical (unpaired) electrons. The van der Waals surface area contributed by atoms with Crippen LogP contribution in [0.2, 0.25) is 0 Å². The number of aromatic nitrogens is 2. The first-order valence-corrected chi connectivity index (χ1v) is 8.24. The molecular weight excluding hydrogens is 290 g/mol. The van der Waals surface area contributed by atoms with Gasteiger partial charge in [-0.05, 0) is 25.2 Å². The lowest BCUT2D eigenvalue weighted by Crippen LogP contribution is -2.32. The maximum Gasteiger partial charge on any atom is 0.267 e. The van der Waals surface area contributed by atoms with Crippen LogP contribution in [0.3, 0.4) is 0 Å². The largest absolute Gasteiger partial charge is 0.274 e. The molecule has 1 saturated carbocycles. The highest BCUT2D eigenvalue weighted by Gasteiger charge is 2.60. The van der Waals surface area contributed by atoms with Gasteiger partial charge >= 0.3 is 0 Å². The molecule has 1 amide bonds. The van der Waals surface area contributed by atoms with Crippen LogP contribution in [0.15, 0.2) is 28.9 Å². The normalized spacial score (nSPS) is 23.5. The van der Waals surface area contributed by atoms with Crippen molar-refractivity contribution in [1.82, 2.24) is 14.5 Å². The monoisotopic (exact) mass is 311 g/mol. The fourth-order valence-corrected chi connectivity index (χ4v) is 3.63. The Balaban J connectivity index is 2.14. The molecule has 2 atom stereocenters. The number of amides is 1. The summed E-state index contributed by atoms with van der Waals surface area (Å²) in [7, 11) is -2.23. The summed E-state index contributed by atoms with van der Waals surface area (Å²) >= 11 is 0. The summed E-state index contributed by atoms with van der Waals surface area (Å²) in [6.45, 7) is 7.88. The van der Waals surface area contributed by atoms with E-state index in [1.54, 1.807) is 7.05 Å². The van der Waals surface area contributed by atoms with E-state index in [9.17, 15) is 13.2 Å². The second-order valence-electron chi connectivity index (χ2n) is 6.39. The van der Waals surface area contributed by atoms with Crippen LogP contribution in [0.1, 0.15) is 27.7 Å². The molecule has 0 unspecified atom stereocenters. The third-order valence-electron chi connectivity index (χ3n) is 3.93. The summed E-state index contributed by atoms with van der Waals surface area (Å²) in [6.07, 6.45) is 4.61. The van der Waals surface area contributed by atoms with Crippen LogP contribution >= 0.6 is 0 Å². The average Bonchev–Trinajstić information content (AvgIpc) is 2.69. The number of nitrogens with one attached hydrogen (secondary N) is 1. The van der Waals surface area contributed by atoms with Gasteiger partial charge in [0.2, 0.25) is 5.91 Å². The third-order valence-corrected chi connectivity index (χ3v) is 5.23. The van der Waals surface area contributed by atoms with Crippen molar-refractivity contribution in [2.24, 2.45) is 24.3 Å². The summed E-state index contributed by atoms with van der Waals surface area (Å²) in [4.78, 5) is 12.3. The van der Waals surface area contributed by atoms with Gasteiger partial charge in [-0.2, -0.15) is 5.10 Å². The van der Waals surface area contributed by atoms with Crippen molar-refractivity contribution in [3.63, 3.8) is 0 Å². The minimum atomic E-state index is -3.85. The molecule has 0 bridgehead atoms. The van der Waals surface area contributed by atoms with E-state index in [1.807, 2.05) is 33.8 Å². The Hall–Kier alpha value is -1.63. The fourth-order valence-electron chi connectivity index (χ4n) is 2.64. The molecule has 21 heavy (non-hydrogen) atoms. The first-order valence-electron chi connectivity index (χ1n) is 6.76. The smallest absolute Gasteiger partial charge is 0.267 e. The number of carbonyl (C=O) groups is 1. The molecule has 1 aromatic rings. The molecule has 1 N–H and O–H groups in total. The number of carbonyl (C=O) groups excluding carboxylic acids is 1. The standard InChI is InChI=1S/C14H21N3O3S/c1-9(2)6-11-12(14(11,3)4)13(18)16-21(19,20)10-7-15-17(5)8-10/h6-8,11-12H,1-5H3,(H,16,18)/t11-,12+/m1/s1. The van der Waals surface area contributed by atoms with Crippen molar-refractivity contribution in [1.29, 1.82) is 0 Å². The van der Waals surface area contributed by atoms with Crippen molar-refractivity contribution in [2.75, 3.05) is 0 Å². The van der Waals surface area contributed by atoms with Crippen LogP contribution in [0, 0.1) is 17.3 Å². The number of hydrogen-bond acceptors (Lipinski definition) is 4. The summed E-state index contributed by atoms with van der Waals surface area (Å²) in [5.41, 5.74) is 0.907. The second-order valence-corrected chi connectivity index (χ2v) is 8.07. The molecule has 1 heterocycles. The van der Waals surface area contributed by atoms with Gasteiger partial charge in [-0.3, -0.25) is 9.48 Å². The summed E-state index contributed by atoms with van der Waals surface area (Å²) < 4.78 is 27.8. The van der Waals surface area contributed by atoms with Crippen LogP contribution in [-0.4, -0.2) is 24.1 Å². The van der Waals surface area contributed by atoms with Crippen molar-refractivity contribution >= 4 is 15.9 Å². The first kappa shape index (κ1) is 15.8. The summed E-state index contributed by atoms with van der Waals surface area (Å²) in [5, 5.41) is 3.81. The molecule has 0 aliphatic heterocycles. The third kappa shape index (κ3) is 3.02. The highest BCUT2D eigenvalue weighted by atomic mass is 32.2. The lowest BCUT2D eigenvalue weighted by atomic mass is 10.1. The van der Waals surface area contributed by atoms with Gasteiger partial charge in [-0.1, -0.05) is 25.5 Å². The van der Waals surface area contributed by atoms with E-state index >= 15 is 0 Å². The minimum Gasteiger partial charge on any atom is -0.274 e. The van der Waals surface area contributed by atoms with E-state index in [0.29, 0.717) is 0 Å². The molecule has 0 spiro atoms. The highest BCUT2D eigenvalue weighted by molar-refractivity contribution is 7.90. The maximum atomic E-state index is 12.3. The lowest BCUT2D eigenvalue weighted by molar-refractivity contribution is -0.121. The molecular formula is C14H21N3O3S. The van der Waals surface area contributed by atoms with Crippen molar-refractivity contribution < 1.29 is 13.2 Å². The average molecular weight is 311 g/mol. The van der Waals surface area contributed by atoms with Gasteiger partial charge in [0.25, 0.3) is 10.0 Å². The predicted octanol–water partition coefficient (Wildman–Crippen LogP) is 1.46. The summed E-state index contributed by atoms with van der Waals surface area (Å²) in [5.74, 6) is -0.697. The fraction of sp³-hybridized carbons (Fsp3) is 0.571. The first-order chi connectivity index (χ1) is 9.55. The van der Waals surface area contributed by atoms with Crippen molar-refractivity contribution in [2.45, 2.75) is 32.6 Å². The number of nitrogens with zero attached hydrogens (tertiary/aromatic N) is 2. The van der Waals surface area contributed by atoms with Crippen LogP contribution in [-0.2, 0) is 21.9 Å². The van der Waals surface area contributed by atoms with Gasteiger partial charge < -0.3 is 0 Å². The maximum absolute atomic E-state index is 12.3. The van der Waals surface area contributed by atoms with Gasteiger partial charge in [-0.25, -0.2) is 13.1 Å². The van der Waals surface area contributed by atoms with Gasteiger partial charge in [0, 0.05) is 13.2 Å². The number of sulfonamides is 1. The topological polar surface area (TPSA) is 81.1 Å². The molecule has 116 valence electrons. The zero-order chi connectivity index (χ0) is 16.0. The number of hydrogen-bond donors (Lipinski definition) is 1. The number of rotatable bonds is 4. The van der Waals surface area contributed by atoms with E-state index < -0.39 is 15.9 Å². The van der Waals surface area contributed by atoms with Gasteiger partial charge in [0.05, 0.1) is 12.1 Å². The Bertz CT molecular complexity index is 697. The minimum absolute atomic E-state index is 0.00410. The van der Waals surface area contributed by atoms with Gasteiger partial charge in [0.1, 0.15) is 4.90 Å². The Morgan fingerprint density at radius 3 is 2.52 bits per heavy atom. The zero-order valence-electron chi connectivity index (χ0n) is 12.9. The molecule has 0 saturated heterocycles. The zero-order valence-corrected chi connectivity index (χ0v) is 13.7. The van der Waals surface area contributed by atoms with Crippen LogP contribution in [0.4, 0.5) is 0 Å². The molecule has 0 aromatic carbocycles. The Morgan fingerprint density at radius 2 is 2.05 bits per heavy atom. The van der Waals surface area contributed by atoms with Crippen LogP contribution in [0.25, 0.3) is 0 Å². The predicted molar refractivity (Wildman–Crippen MR) is 78.7 cm³/mol.